The smallest absolute Gasteiger partial charge is 0.311 e. The van der Waals surface area contributed by atoms with Gasteiger partial charge in [0, 0.05) is 17.5 Å². The van der Waals surface area contributed by atoms with E-state index in [-0.39, 0.29) is 23.4 Å². The molecule has 96 valence electrons. The van der Waals surface area contributed by atoms with E-state index in [4.69, 9.17) is 4.74 Å². The van der Waals surface area contributed by atoms with Gasteiger partial charge in [0.25, 0.3) is 0 Å². The van der Waals surface area contributed by atoms with Crippen molar-refractivity contribution in [3.63, 3.8) is 0 Å². The Morgan fingerprint density at radius 1 is 1.39 bits per heavy atom. The molecular weight excluding hydrogens is 238 g/mol. The molecule has 1 aromatic carbocycles. The van der Waals surface area contributed by atoms with Gasteiger partial charge in [0.05, 0.1) is 6.42 Å². The van der Waals surface area contributed by atoms with E-state index in [2.05, 4.69) is 0 Å². The van der Waals surface area contributed by atoms with E-state index < -0.39 is 11.6 Å². The largest absolute Gasteiger partial charge is 0.431 e. The number of carbonyl (C=O) groups excluding carboxylic acids is 1. The minimum atomic E-state index is -0.659. The monoisotopic (exact) mass is 252 g/mol. The Balaban J connectivity index is 2.34. The van der Waals surface area contributed by atoms with Crippen LogP contribution in [0.5, 0.6) is 0 Å². The normalized spacial score (nSPS) is 21.7. The maximum atomic E-state index is 13.5. The van der Waals surface area contributed by atoms with Crippen LogP contribution in [0.3, 0.4) is 0 Å². The van der Waals surface area contributed by atoms with Crippen LogP contribution in [0, 0.1) is 23.5 Å². The first-order chi connectivity index (χ1) is 8.47. The van der Waals surface area contributed by atoms with Gasteiger partial charge in [-0.05, 0) is 24.1 Å². The van der Waals surface area contributed by atoms with Crippen molar-refractivity contribution in [2.24, 2.45) is 11.8 Å². The summed E-state index contributed by atoms with van der Waals surface area (Å²) in [6, 6.07) is 3.32. The number of rotatable bonds is 2. The molecule has 4 heteroatoms. The van der Waals surface area contributed by atoms with Gasteiger partial charge in [-0.15, -0.1) is 0 Å². The van der Waals surface area contributed by atoms with Gasteiger partial charge in [-0.25, -0.2) is 8.78 Å². The van der Waals surface area contributed by atoms with Gasteiger partial charge in [0.15, 0.2) is 0 Å². The lowest BCUT2D eigenvalue weighted by atomic mass is 9.91. The maximum absolute atomic E-state index is 13.5. The van der Waals surface area contributed by atoms with E-state index >= 15 is 0 Å². The molecule has 0 N–H and O–H groups in total. The Bertz CT molecular complexity index is 507. The third-order valence-corrected chi connectivity index (χ3v) is 3.05. The van der Waals surface area contributed by atoms with Crippen LogP contribution in [0.25, 0.3) is 6.08 Å². The van der Waals surface area contributed by atoms with Crippen molar-refractivity contribution in [2.75, 3.05) is 0 Å². The molecule has 1 unspecified atom stereocenters. The van der Waals surface area contributed by atoms with Crippen LogP contribution < -0.4 is 0 Å². The number of allylic oxidation sites excluding steroid dienone is 1. The first kappa shape index (κ1) is 12.7. The van der Waals surface area contributed by atoms with Crippen LogP contribution in [-0.2, 0) is 9.53 Å². The number of benzene rings is 1. The van der Waals surface area contributed by atoms with Crippen molar-refractivity contribution in [3.8, 4) is 0 Å². The summed E-state index contributed by atoms with van der Waals surface area (Å²) in [6.07, 6.45) is 1.79. The van der Waals surface area contributed by atoms with Gasteiger partial charge in [0.2, 0.25) is 0 Å². The summed E-state index contributed by atoms with van der Waals surface area (Å²) >= 11 is 0. The Morgan fingerprint density at radius 3 is 2.72 bits per heavy atom. The molecule has 2 rings (SSSR count). The summed E-state index contributed by atoms with van der Waals surface area (Å²) < 4.78 is 31.4. The first-order valence-electron chi connectivity index (χ1n) is 5.84. The number of halogens is 2. The lowest BCUT2D eigenvalue weighted by molar-refractivity contribution is -0.135. The molecule has 1 atom stereocenters. The average molecular weight is 252 g/mol. The standard InChI is InChI=1S/C14H14F2O2/c1-8(2)11-7-14(17)18-13(11)5-9-3-4-10(15)6-12(9)16/h3-6,8,11H,7H2,1-2H3/b13-5-. The van der Waals surface area contributed by atoms with Crippen LogP contribution in [-0.4, -0.2) is 5.97 Å². The number of carbonyl (C=O) groups is 1. The Hall–Kier alpha value is -1.71. The number of esters is 1. The summed E-state index contributed by atoms with van der Waals surface area (Å²) in [5.74, 6) is -0.942. The molecular formula is C14H14F2O2. The van der Waals surface area contributed by atoms with E-state index in [0.29, 0.717) is 12.2 Å². The van der Waals surface area contributed by atoms with E-state index in [0.717, 1.165) is 6.07 Å². The highest BCUT2D eigenvalue weighted by Gasteiger charge is 2.32. The zero-order valence-electron chi connectivity index (χ0n) is 10.2. The first-order valence-corrected chi connectivity index (χ1v) is 5.84. The van der Waals surface area contributed by atoms with Gasteiger partial charge in [-0.2, -0.15) is 0 Å². The maximum Gasteiger partial charge on any atom is 0.311 e. The highest BCUT2D eigenvalue weighted by atomic mass is 19.1. The van der Waals surface area contributed by atoms with Gasteiger partial charge in [-0.3, -0.25) is 4.79 Å². The van der Waals surface area contributed by atoms with Gasteiger partial charge in [0.1, 0.15) is 17.4 Å². The summed E-state index contributed by atoms with van der Waals surface area (Å²) in [4.78, 5) is 11.3. The number of cyclic esters (lactones) is 1. The van der Waals surface area contributed by atoms with Crippen molar-refractivity contribution < 1.29 is 18.3 Å². The molecule has 1 saturated heterocycles. The molecule has 1 aromatic rings. The topological polar surface area (TPSA) is 26.3 Å². The van der Waals surface area contributed by atoms with E-state index in [1.807, 2.05) is 13.8 Å². The summed E-state index contributed by atoms with van der Waals surface area (Å²) in [5.41, 5.74) is 0.228. The Morgan fingerprint density at radius 2 is 2.11 bits per heavy atom. The number of hydrogen-bond donors (Lipinski definition) is 0. The summed E-state index contributed by atoms with van der Waals surface area (Å²) in [7, 11) is 0. The number of ether oxygens (including phenoxy) is 1. The van der Waals surface area contributed by atoms with E-state index in [9.17, 15) is 13.6 Å². The van der Waals surface area contributed by atoms with Crippen LogP contribution in [0.2, 0.25) is 0 Å². The fourth-order valence-corrected chi connectivity index (χ4v) is 2.00. The minimum absolute atomic E-state index is 0.0399. The third-order valence-electron chi connectivity index (χ3n) is 3.05. The number of hydrogen-bond acceptors (Lipinski definition) is 2. The second kappa shape index (κ2) is 4.88. The molecule has 1 heterocycles. The van der Waals surface area contributed by atoms with E-state index in [1.54, 1.807) is 0 Å². The van der Waals surface area contributed by atoms with Crippen molar-refractivity contribution in [3.05, 3.63) is 41.2 Å². The Labute approximate surface area is 104 Å². The molecule has 1 aliphatic rings. The van der Waals surface area contributed by atoms with Gasteiger partial charge in [-0.1, -0.05) is 13.8 Å². The molecule has 1 fully saturated rings. The third kappa shape index (κ3) is 2.58. The zero-order chi connectivity index (χ0) is 13.3. The molecule has 0 bridgehead atoms. The highest BCUT2D eigenvalue weighted by molar-refractivity contribution is 5.76. The molecule has 2 nitrogen and oxygen atoms in total. The lowest BCUT2D eigenvalue weighted by Crippen LogP contribution is -2.06. The predicted octanol–water partition coefficient (Wildman–Crippen LogP) is 3.52. The quantitative estimate of drug-likeness (QED) is 0.753. The van der Waals surface area contributed by atoms with Crippen molar-refractivity contribution in [1.82, 2.24) is 0 Å². The molecule has 0 aromatic heterocycles. The SMILES string of the molecule is CC(C)C1CC(=O)O/C1=C\c1ccc(F)cc1F. The highest BCUT2D eigenvalue weighted by Crippen LogP contribution is 2.33. The second-order valence-electron chi connectivity index (χ2n) is 4.74. The average Bonchev–Trinajstić information content (AvgIpc) is 2.64. The second-order valence-corrected chi connectivity index (χ2v) is 4.74. The van der Waals surface area contributed by atoms with Crippen LogP contribution in [0.4, 0.5) is 8.78 Å². The molecule has 1 aliphatic heterocycles. The van der Waals surface area contributed by atoms with Crippen molar-refractivity contribution in [2.45, 2.75) is 20.3 Å². The molecule has 18 heavy (non-hydrogen) atoms. The van der Waals surface area contributed by atoms with Gasteiger partial charge < -0.3 is 4.74 Å². The zero-order valence-corrected chi connectivity index (χ0v) is 10.2. The fraction of sp³-hybridized carbons (Fsp3) is 0.357. The lowest BCUT2D eigenvalue weighted by Gasteiger charge is -2.12. The molecule has 0 amide bonds. The van der Waals surface area contributed by atoms with Crippen LogP contribution >= 0.6 is 0 Å². The van der Waals surface area contributed by atoms with Crippen molar-refractivity contribution >= 4 is 12.0 Å². The summed E-state index contributed by atoms with van der Waals surface area (Å²) in [6.45, 7) is 3.95. The molecule has 0 radical (unpaired) electrons. The predicted molar refractivity (Wildman–Crippen MR) is 63.4 cm³/mol. The van der Waals surface area contributed by atoms with E-state index in [1.165, 1.54) is 18.2 Å². The Kier molecular flexibility index (Phi) is 3.45. The minimum Gasteiger partial charge on any atom is -0.431 e. The van der Waals surface area contributed by atoms with Crippen LogP contribution in [0.1, 0.15) is 25.8 Å². The van der Waals surface area contributed by atoms with Crippen LogP contribution in [0.15, 0.2) is 24.0 Å². The molecule has 0 saturated carbocycles. The summed E-state index contributed by atoms with van der Waals surface area (Å²) in [5, 5.41) is 0. The van der Waals surface area contributed by atoms with Crippen molar-refractivity contribution in [1.29, 1.82) is 0 Å². The molecule has 0 aliphatic carbocycles. The molecule has 0 spiro atoms. The van der Waals surface area contributed by atoms with Gasteiger partial charge >= 0.3 is 5.97 Å². The fourth-order valence-electron chi connectivity index (χ4n) is 2.00.